The molecule has 1 aliphatic heterocycles. The normalized spacial score (nSPS) is 20.4. The number of nitrogens with zero attached hydrogens (tertiary/aromatic N) is 1. The maximum absolute atomic E-state index is 12.4. The van der Waals surface area contributed by atoms with E-state index in [9.17, 15) is 9.59 Å². The number of rotatable bonds is 6. The lowest BCUT2D eigenvalue weighted by molar-refractivity contribution is -0.126. The van der Waals surface area contributed by atoms with Crippen LogP contribution in [0.15, 0.2) is 35.9 Å². The fourth-order valence-corrected chi connectivity index (χ4v) is 3.59. The number of amides is 2. The van der Waals surface area contributed by atoms with Gasteiger partial charge in [-0.05, 0) is 44.2 Å². The lowest BCUT2D eigenvalue weighted by Gasteiger charge is -2.19. The van der Waals surface area contributed by atoms with Crippen molar-refractivity contribution in [1.29, 1.82) is 0 Å². The third-order valence-electron chi connectivity index (χ3n) is 5.00. The van der Waals surface area contributed by atoms with E-state index in [0.29, 0.717) is 18.8 Å². The minimum Gasteiger partial charge on any atom is -0.495 e. The predicted octanol–water partition coefficient (Wildman–Crippen LogP) is 3.05. The summed E-state index contributed by atoms with van der Waals surface area (Å²) >= 11 is 0. The monoisotopic (exact) mass is 342 g/mol. The fraction of sp³-hybridized carbons (Fsp3) is 0.500. The van der Waals surface area contributed by atoms with Crippen molar-refractivity contribution in [3.63, 3.8) is 0 Å². The Labute approximate surface area is 149 Å². The van der Waals surface area contributed by atoms with E-state index in [2.05, 4.69) is 11.4 Å². The van der Waals surface area contributed by atoms with Crippen molar-refractivity contribution in [2.24, 2.45) is 5.92 Å². The fourth-order valence-electron chi connectivity index (χ4n) is 3.59. The number of hydrogen-bond acceptors (Lipinski definition) is 3. The number of carbonyl (C=O) groups is 2. The van der Waals surface area contributed by atoms with Crippen molar-refractivity contribution >= 4 is 17.5 Å². The second kappa shape index (κ2) is 8.19. The Morgan fingerprint density at radius 1 is 1.32 bits per heavy atom. The average molecular weight is 342 g/mol. The van der Waals surface area contributed by atoms with Crippen molar-refractivity contribution in [3.05, 3.63) is 35.9 Å². The molecule has 0 unspecified atom stereocenters. The molecule has 1 atom stereocenters. The zero-order chi connectivity index (χ0) is 17.6. The van der Waals surface area contributed by atoms with Crippen LogP contribution < -0.4 is 15.0 Å². The van der Waals surface area contributed by atoms with E-state index >= 15 is 0 Å². The maximum Gasteiger partial charge on any atom is 0.227 e. The Bertz CT molecular complexity index is 669. The molecular weight excluding hydrogens is 316 g/mol. The van der Waals surface area contributed by atoms with Gasteiger partial charge in [-0.2, -0.15) is 0 Å². The van der Waals surface area contributed by atoms with Crippen molar-refractivity contribution < 1.29 is 14.3 Å². The van der Waals surface area contributed by atoms with E-state index in [0.717, 1.165) is 24.9 Å². The van der Waals surface area contributed by atoms with Crippen LogP contribution in [0.2, 0.25) is 0 Å². The first-order chi connectivity index (χ1) is 12.2. The minimum atomic E-state index is -0.294. The zero-order valence-corrected chi connectivity index (χ0v) is 14.8. The molecule has 2 amide bonds. The van der Waals surface area contributed by atoms with Crippen molar-refractivity contribution in [1.82, 2.24) is 5.32 Å². The number of benzene rings is 1. The van der Waals surface area contributed by atoms with E-state index < -0.39 is 0 Å². The number of hydrogen-bond donors (Lipinski definition) is 1. The molecule has 0 radical (unpaired) electrons. The Morgan fingerprint density at radius 3 is 2.92 bits per heavy atom. The summed E-state index contributed by atoms with van der Waals surface area (Å²) < 4.78 is 5.33. The van der Waals surface area contributed by atoms with Crippen LogP contribution in [0.3, 0.4) is 0 Å². The third-order valence-corrected chi connectivity index (χ3v) is 5.00. The molecular formula is C20H26N2O3. The van der Waals surface area contributed by atoms with Crippen LogP contribution in [0.5, 0.6) is 5.75 Å². The number of methoxy groups -OCH3 is 1. The van der Waals surface area contributed by atoms with E-state index in [-0.39, 0.29) is 24.2 Å². The van der Waals surface area contributed by atoms with Crippen molar-refractivity contribution in [2.75, 3.05) is 25.1 Å². The molecule has 1 saturated heterocycles. The SMILES string of the molecule is COc1ccccc1N1C[C@H](C(=O)NCCC2=CCCCC2)CC1=O. The Kier molecular flexibility index (Phi) is 5.74. The van der Waals surface area contributed by atoms with Gasteiger partial charge in [0.1, 0.15) is 5.75 Å². The van der Waals surface area contributed by atoms with Crippen LogP contribution >= 0.6 is 0 Å². The van der Waals surface area contributed by atoms with Gasteiger partial charge in [-0.1, -0.05) is 23.8 Å². The number of allylic oxidation sites excluding steroid dienone is 1. The first kappa shape index (κ1) is 17.5. The predicted molar refractivity (Wildman–Crippen MR) is 97.6 cm³/mol. The Balaban J connectivity index is 1.54. The number of nitrogens with one attached hydrogen (secondary N) is 1. The number of carbonyl (C=O) groups excluding carboxylic acids is 2. The van der Waals surface area contributed by atoms with Gasteiger partial charge in [0.15, 0.2) is 0 Å². The maximum atomic E-state index is 12.4. The molecule has 1 fully saturated rings. The highest BCUT2D eigenvalue weighted by Crippen LogP contribution is 2.32. The molecule has 1 N–H and O–H groups in total. The highest BCUT2D eigenvalue weighted by atomic mass is 16.5. The lowest BCUT2D eigenvalue weighted by atomic mass is 9.97. The molecule has 1 heterocycles. The smallest absolute Gasteiger partial charge is 0.227 e. The average Bonchev–Trinajstić information content (AvgIpc) is 3.04. The molecule has 0 aromatic heterocycles. The third kappa shape index (κ3) is 4.21. The molecule has 134 valence electrons. The lowest BCUT2D eigenvalue weighted by Crippen LogP contribution is -2.33. The Morgan fingerprint density at radius 2 is 2.16 bits per heavy atom. The number of anilines is 1. The summed E-state index contributed by atoms with van der Waals surface area (Å²) in [4.78, 5) is 26.4. The quantitative estimate of drug-likeness (QED) is 0.809. The van der Waals surface area contributed by atoms with Gasteiger partial charge in [0.25, 0.3) is 0 Å². The molecule has 2 aliphatic rings. The number of ether oxygens (including phenoxy) is 1. The highest BCUT2D eigenvalue weighted by Gasteiger charge is 2.36. The van der Waals surface area contributed by atoms with Gasteiger partial charge in [-0.15, -0.1) is 0 Å². The van der Waals surface area contributed by atoms with Crippen LogP contribution in [0.25, 0.3) is 0 Å². The standard InChI is InChI=1S/C20H26N2O3/c1-25-18-10-6-5-9-17(18)22-14-16(13-19(22)23)20(24)21-12-11-15-7-3-2-4-8-15/h5-7,9-10,16H,2-4,8,11-14H2,1H3,(H,21,24)/t16-/m1/s1. The van der Waals surface area contributed by atoms with Crippen LogP contribution in [-0.4, -0.2) is 32.0 Å². The molecule has 3 rings (SSSR count). The van der Waals surface area contributed by atoms with Gasteiger partial charge < -0.3 is 15.0 Å². The topological polar surface area (TPSA) is 58.6 Å². The summed E-state index contributed by atoms with van der Waals surface area (Å²) in [6, 6.07) is 7.42. The van der Waals surface area contributed by atoms with Gasteiger partial charge in [0.2, 0.25) is 11.8 Å². The van der Waals surface area contributed by atoms with Crippen LogP contribution in [0.1, 0.15) is 38.5 Å². The molecule has 5 nitrogen and oxygen atoms in total. The summed E-state index contributed by atoms with van der Waals surface area (Å²) in [7, 11) is 1.59. The molecule has 1 aliphatic carbocycles. The summed E-state index contributed by atoms with van der Waals surface area (Å²) in [6.45, 7) is 1.07. The second-order valence-electron chi connectivity index (χ2n) is 6.73. The summed E-state index contributed by atoms with van der Waals surface area (Å²) in [5.41, 5.74) is 2.18. The van der Waals surface area contributed by atoms with Gasteiger partial charge in [0, 0.05) is 19.5 Å². The van der Waals surface area contributed by atoms with E-state index in [1.165, 1.54) is 18.4 Å². The molecule has 0 spiro atoms. The van der Waals surface area contributed by atoms with Crippen molar-refractivity contribution in [3.8, 4) is 5.75 Å². The van der Waals surface area contributed by atoms with E-state index in [1.54, 1.807) is 12.0 Å². The summed E-state index contributed by atoms with van der Waals surface area (Å²) in [5, 5.41) is 3.00. The number of para-hydroxylation sites is 2. The minimum absolute atomic E-state index is 0.0258. The highest BCUT2D eigenvalue weighted by molar-refractivity contribution is 6.01. The molecule has 0 bridgehead atoms. The zero-order valence-electron chi connectivity index (χ0n) is 14.8. The van der Waals surface area contributed by atoms with Gasteiger partial charge in [0.05, 0.1) is 18.7 Å². The van der Waals surface area contributed by atoms with E-state index in [4.69, 9.17) is 4.74 Å². The molecule has 5 heteroatoms. The van der Waals surface area contributed by atoms with Gasteiger partial charge in [-0.3, -0.25) is 9.59 Å². The summed E-state index contributed by atoms with van der Waals surface area (Å²) in [6.07, 6.45) is 8.32. The second-order valence-corrected chi connectivity index (χ2v) is 6.73. The van der Waals surface area contributed by atoms with Crippen LogP contribution in [0.4, 0.5) is 5.69 Å². The van der Waals surface area contributed by atoms with Gasteiger partial charge >= 0.3 is 0 Å². The summed E-state index contributed by atoms with van der Waals surface area (Å²) in [5.74, 6) is 0.306. The van der Waals surface area contributed by atoms with Gasteiger partial charge in [-0.25, -0.2) is 0 Å². The van der Waals surface area contributed by atoms with Crippen LogP contribution in [0, 0.1) is 5.92 Å². The van der Waals surface area contributed by atoms with Crippen molar-refractivity contribution in [2.45, 2.75) is 38.5 Å². The molecule has 0 saturated carbocycles. The first-order valence-corrected chi connectivity index (χ1v) is 9.08. The van der Waals surface area contributed by atoms with E-state index in [1.807, 2.05) is 24.3 Å². The van der Waals surface area contributed by atoms with Crippen LogP contribution in [-0.2, 0) is 9.59 Å². The molecule has 1 aromatic carbocycles. The first-order valence-electron chi connectivity index (χ1n) is 9.08. The largest absolute Gasteiger partial charge is 0.495 e. The Hall–Kier alpha value is -2.30. The molecule has 1 aromatic rings. The molecule has 25 heavy (non-hydrogen) atoms.